The lowest BCUT2D eigenvalue weighted by Gasteiger charge is -2.20. The van der Waals surface area contributed by atoms with Crippen LogP contribution in [0.1, 0.15) is 31.4 Å². The third-order valence-corrected chi connectivity index (χ3v) is 5.04. The van der Waals surface area contributed by atoms with Crippen molar-refractivity contribution in [2.75, 3.05) is 18.1 Å². The third-order valence-electron chi connectivity index (χ3n) is 3.78. The highest BCUT2D eigenvalue weighted by Gasteiger charge is 2.27. The van der Waals surface area contributed by atoms with E-state index in [1.807, 2.05) is 0 Å². The molecule has 1 aliphatic rings. The van der Waals surface area contributed by atoms with Gasteiger partial charge < -0.3 is 5.32 Å². The zero-order chi connectivity index (χ0) is 12.8. The van der Waals surface area contributed by atoms with Crippen LogP contribution in [0.3, 0.4) is 0 Å². The zero-order valence-electron chi connectivity index (χ0n) is 11.6. The molecule has 0 amide bonds. The van der Waals surface area contributed by atoms with Gasteiger partial charge in [0.15, 0.2) is 0 Å². The van der Waals surface area contributed by atoms with Crippen molar-refractivity contribution in [2.45, 2.75) is 39.2 Å². The molecule has 1 fully saturated rings. The minimum atomic E-state index is 0.723. The summed E-state index contributed by atoms with van der Waals surface area (Å²) in [6.07, 6.45) is 3.61. The lowest BCUT2D eigenvalue weighted by Crippen LogP contribution is -2.36. The van der Waals surface area contributed by atoms with E-state index in [2.05, 4.69) is 55.2 Å². The highest BCUT2D eigenvalue weighted by Crippen LogP contribution is 2.27. The molecule has 0 bridgehead atoms. The van der Waals surface area contributed by atoms with Crippen molar-refractivity contribution in [2.24, 2.45) is 5.92 Å². The fraction of sp³-hybridized carbons (Fsp3) is 0.625. The summed E-state index contributed by atoms with van der Waals surface area (Å²) in [5.74, 6) is 3.42. The average Bonchev–Trinajstić information content (AvgIpc) is 2.84. The van der Waals surface area contributed by atoms with Crippen LogP contribution in [0.15, 0.2) is 24.3 Å². The standard InChI is InChI=1S/C16H25NS/c1-3-9-17-16-12-18-11-15(16)10-14-7-5-13(4-2)6-8-14/h5-8,15-17H,3-4,9-12H2,1-2H3. The Labute approximate surface area is 116 Å². The SMILES string of the molecule is CCCNC1CSCC1Cc1ccc(CC)cc1. The minimum Gasteiger partial charge on any atom is -0.313 e. The Bertz CT molecular complexity index is 347. The van der Waals surface area contributed by atoms with Crippen LogP contribution in [0.2, 0.25) is 0 Å². The summed E-state index contributed by atoms with van der Waals surface area (Å²) in [7, 11) is 0. The van der Waals surface area contributed by atoms with Crippen LogP contribution < -0.4 is 5.32 Å². The summed E-state index contributed by atoms with van der Waals surface area (Å²) in [4.78, 5) is 0. The Kier molecular flexibility index (Phi) is 5.58. The van der Waals surface area contributed by atoms with E-state index in [1.165, 1.54) is 35.5 Å². The van der Waals surface area contributed by atoms with Crippen LogP contribution in [0, 0.1) is 5.92 Å². The summed E-state index contributed by atoms with van der Waals surface area (Å²) in [6, 6.07) is 9.93. The molecule has 0 spiro atoms. The first-order valence-corrected chi connectivity index (χ1v) is 8.38. The maximum absolute atomic E-state index is 3.70. The van der Waals surface area contributed by atoms with Crippen molar-refractivity contribution >= 4 is 11.8 Å². The Morgan fingerprint density at radius 2 is 1.83 bits per heavy atom. The summed E-state index contributed by atoms with van der Waals surface area (Å²) < 4.78 is 0. The van der Waals surface area contributed by atoms with Crippen molar-refractivity contribution < 1.29 is 0 Å². The lowest BCUT2D eigenvalue weighted by molar-refractivity contribution is 0.425. The molecule has 0 aromatic heterocycles. The van der Waals surface area contributed by atoms with E-state index < -0.39 is 0 Å². The number of rotatable bonds is 6. The minimum absolute atomic E-state index is 0.723. The first-order chi connectivity index (χ1) is 8.83. The van der Waals surface area contributed by atoms with E-state index in [0.717, 1.165) is 24.9 Å². The van der Waals surface area contributed by atoms with E-state index >= 15 is 0 Å². The molecule has 0 aliphatic carbocycles. The topological polar surface area (TPSA) is 12.0 Å². The van der Waals surface area contributed by atoms with Gasteiger partial charge in [-0.25, -0.2) is 0 Å². The van der Waals surface area contributed by atoms with Gasteiger partial charge in [0, 0.05) is 11.8 Å². The van der Waals surface area contributed by atoms with Gasteiger partial charge in [-0.3, -0.25) is 0 Å². The Morgan fingerprint density at radius 3 is 2.50 bits per heavy atom. The molecule has 1 saturated heterocycles. The van der Waals surface area contributed by atoms with E-state index in [4.69, 9.17) is 0 Å². The van der Waals surface area contributed by atoms with Gasteiger partial charge in [0.05, 0.1) is 0 Å². The summed E-state index contributed by atoms with van der Waals surface area (Å²) >= 11 is 2.11. The first-order valence-electron chi connectivity index (χ1n) is 7.22. The Balaban J connectivity index is 1.90. The van der Waals surface area contributed by atoms with Gasteiger partial charge in [-0.1, -0.05) is 38.1 Å². The van der Waals surface area contributed by atoms with Gasteiger partial charge >= 0.3 is 0 Å². The number of thioether (sulfide) groups is 1. The molecule has 2 heteroatoms. The van der Waals surface area contributed by atoms with Gasteiger partial charge in [0.2, 0.25) is 0 Å². The van der Waals surface area contributed by atoms with Crippen LogP contribution >= 0.6 is 11.8 Å². The summed E-state index contributed by atoms with van der Waals surface area (Å²) in [6.45, 7) is 5.62. The lowest BCUT2D eigenvalue weighted by atomic mass is 9.94. The van der Waals surface area contributed by atoms with Gasteiger partial charge in [-0.05, 0) is 48.6 Å². The molecule has 1 N–H and O–H groups in total. The fourth-order valence-corrected chi connectivity index (χ4v) is 4.00. The second-order valence-corrected chi connectivity index (χ2v) is 6.31. The number of hydrogen-bond donors (Lipinski definition) is 1. The molecule has 100 valence electrons. The molecular weight excluding hydrogens is 238 g/mol. The summed E-state index contributed by atoms with van der Waals surface area (Å²) in [5, 5.41) is 3.70. The molecule has 2 unspecified atom stereocenters. The largest absolute Gasteiger partial charge is 0.313 e. The van der Waals surface area contributed by atoms with Crippen LogP contribution in [-0.4, -0.2) is 24.1 Å². The van der Waals surface area contributed by atoms with E-state index in [1.54, 1.807) is 0 Å². The Morgan fingerprint density at radius 1 is 1.11 bits per heavy atom. The number of nitrogens with one attached hydrogen (secondary N) is 1. The molecule has 0 saturated carbocycles. The maximum Gasteiger partial charge on any atom is 0.0197 e. The van der Waals surface area contributed by atoms with Crippen molar-refractivity contribution in [3.05, 3.63) is 35.4 Å². The van der Waals surface area contributed by atoms with E-state index in [0.29, 0.717) is 0 Å². The van der Waals surface area contributed by atoms with Gasteiger partial charge in [-0.15, -0.1) is 0 Å². The monoisotopic (exact) mass is 263 g/mol. The molecule has 18 heavy (non-hydrogen) atoms. The summed E-state index contributed by atoms with van der Waals surface area (Å²) in [5.41, 5.74) is 2.95. The molecular formula is C16H25NS. The second kappa shape index (κ2) is 7.20. The maximum atomic E-state index is 3.70. The fourth-order valence-electron chi connectivity index (χ4n) is 2.57. The molecule has 1 nitrogen and oxygen atoms in total. The van der Waals surface area contributed by atoms with Crippen LogP contribution in [0.4, 0.5) is 0 Å². The number of benzene rings is 1. The predicted octanol–water partition coefficient (Wildman–Crippen LogP) is 3.52. The van der Waals surface area contributed by atoms with E-state index in [-0.39, 0.29) is 0 Å². The highest BCUT2D eigenvalue weighted by atomic mass is 32.2. The normalized spacial score (nSPS) is 23.4. The van der Waals surface area contributed by atoms with Gasteiger partial charge in [0.25, 0.3) is 0 Å². The molecule has 0 radical (unpaired) electrons. The predicted molar refractivity (Wildman–Crippen MR) is 82.4 cm³/mol. The van der Waals surface area contributed by atoms with Crippen LogP contribution in [0.5, 0.6) is 0 Å². The zero-order valence-corrected chi connectivity index (χ0v) is 12.4. The number of hydrogen-bond acceptors (Lipinski definition) is 2. The van der Waals surface area contributed by atoms with Crippen molar-refractivity contribution in [1.29, 1.82) is 0 Å². The molecule has 1 aromatic carbocycles. The third kappa shape index (κ3) is 3.76. The first kappa shape index (κ1) is 14.0. The quantitative estimate of drug-likeness (QED) is 0.843. The number of aryl methyl sites for hydroxylation is 1. The molecule has 2 rings (SSSR count). The molecule has 1 heterocycles. The van der Waals surface area contributed by atoms with Crippen LogP contribution in [0.25, 0.3) is 0 Å². The Hall–Kier alpha value is -0.470. The van der Waals surface area contributed by atoms with Gasteiger partial charge in [-0.2, -0.15) is 11.8 Å². The molecule has 1 aliphatic heterocycles. The smallest absolute Gasteiger partial charge is 0.0197 e. The average molecular weight is 263 g/mol. The second-order valence-electron chi connectivity index (χ2n) is 5.23. The highest BCUT2D eigenvalue weighted by molar-refractivity contribution is 7.99. The molecule has 2 atom stereocenters. The van der Waals surface area contributed by atoms with E-state index in [9.17, 15) is 0 Å². The van der Waals surface area contributed by atoms with Gasteiger partial charge in [0.1, 0.15) is 0 Å². The molecule has 1 aromatic rings. The van der Waals surface area contributed by atoms with Crippen molar-refractivity contribution in [1.82, 2.24) is 5.32 Å². The van der Waals surface area contributed by atoms with Crippen molar-refractivity contribution in [3.8, 4) is 0 Å². The van der Waals surface area contributed by atoms with Crippen molar-refractivity contribution in [3.63, 3.8) is 0 Å². The van der Waals surface area contributed by atoms with Crippen LogP contribution in [-0.2, 0) is 12.8 Å².